The van der Waals surface area contributed by atoms with Crippen LogP contribution in [0.1, 0.15) is 49.9 Å². The van der Waals surface area contributed by atoms with Crippen molar-refractivity contribution in [2.24, 2.45) is 0 Å². The first-order chi connectivity index (χ1) is 32.3. The first kappa shape index (κ1) is 38.5. The van der Waals surface area contributed by atoms with Gasteiger partial charge in [0.2, 0.25) is 0 Å². The summed E-state index contributed by atoms with van der Waals surface area (Å²) in [6, 6.07) is 78.5. The van der Waals surface area contributed by atoms with E-state index in [0.717, 1.165) is 55.7 Å². The van der Waals surface area contributed by atoms with Crippen LogP contribution in [0.5, 0.6) is 0 Å². The molecule has 0 spiro atoms. The topological polar surface area (TPSA) is 16.4 Å². The average molecular weight is 846 g/mol. The summed E-state index contributed by atoms with van der Waals surface area (Å²) < 4.78 is 6.64. The van der Waals surface area contributed by atoms with Crippen LogP contribution in [0.4, 0.5) is 17.1 Å². The van der Waals surface area contributed by atoms with Gasteiger partial charge in [-0.1, -0.05) is 198 Å². The molecule has 2 nitrogen and oxygen atoms in total. The standard InChI is InChI=1S/C64H47NO/c1-63(2)55-29-9-5-22-47(55)53-38-42(33-35-57(53)63)45-21-7-11-31-59(45)65(44-34-36-58-54(39-44)48-23-6-10-30-56(48)64(58,3)4)43-20-13-19-41(37-43)46-25-14-17-40-18-15-26-50(61(40)46)52-28-16-27-51-49-24-8-12-32-60(49)66-62(51)52/h5-39H,1-4H3. The number of hydrogen-bond acceptors (Lipinski definition) is 2. The van der Waals surface area contributed by atoms with E-state index >= 15 is 0 Å². The van der Waals surface area contributed by atoms with E-state index in [1.54, 1.807) is 0 Å². The number of nitrogens with zero attached hydrogens (tertiary/aromatic N) is 1. The second kappa shape index (κ2) is 14.3. The van der Waals surface area contributed by atoms with E-state index in [-0.39, 0.29) is 10.8 Å². The Balaban J connectivity index is 1.02. The van der Waals surface area contributed by atoms with E-state index in [0.29, 0.717) is 0 Å². The monoisotopic (exact) mass is 845 g/mol. The highest BCUT2D eigenvalue weighted by atomic mass is 16.3. The average Bonchev–Trinajstić information content (AvgIpc) is 3.93. The SMILES string of the molecule is CC1(C)c2ccccc2-c2cc(-c3ccccc3N(c3cccc(-c4cccc5cccc(-c6cccc7c6oc6ccccc67)c45)c3)c3ccc4c(c3)-c3ccccc3C4(C)C)ccc21. The van der Waals surface area contributed by atoms with E-state index in [1.165, 1.54) is 72.0 Å². The van der Waals surface area contributed by atoms with Crippen molar-refractivity contribution in [3.63, 3.8) is 0 Å². The summed E-state index contributed by atoms with van der Waals surface area (Å²) in [7, 11) is 0. The highest BCUT2D eigenvalue weighted by molar-refractivity contribution is 6.14. The van der Waals surface area contributed by atoms with Crippen molar-refractivity contribution in [1.82, 2.24) is 0 Å². The molecule has 314 valence electrons. The molecule has 11 aromatic rings. The Kier molecular flexibility index (Phi) is 8.33. The van der Waals surface area contributed by atoms with Crippen molar-refractivity contribution < 1.29 is 4.42 Å². The lowest BCUT2D eigenvalue weighted by atomic mass is 9.82. The number of furan rings is 1. The van der Waals surface area contributed by atoms with Gasteiger partial charge in [-0.2, -0.15) is 0 Å². The third kappa shape index (κ3) is 5.61. The molecule has 0 saturated heterocycles. The minimum absolute atomic E-state index is 0.0645. The summed E-state index contributed by atoms with van der Waals surface area (Å²) in [5, 5.41) is 4.65. The second-order valence-corrected chi connectivity index (χ2v) is 19.2. The fourth-order valence-corrected chi connectivity index (χ4v) is 11.7. The predicted octanol–water partition coefficient (Wildman–Crippen LogP) is 17.8. The van der Waals surface area contributed by atoms with Crippen LogP contribution in [-0.4, -0.2) is 0 Å². The minimum atomic E-state index is -0.0969. The van der Waals surface area contributed by atoms with E-state index in [2.05, 4.69) is 239 Å². The smallest absolute Gasteiger partial charge is 0.143 e. The summed E-state index contributed by atoms with van der Waals surface area (Å²) in [4.78, 5) is 2.49. The molecule has 0 radical (unpaired) electrons. The molecule has 2 heteroatoms. The molecule has 0 bridgehead atoms. The number of para-hydroxylation sites is 3. The number of benzene rings is 10. The van der Waals surface area contributed by atoms with Gasteiger partial charge >= 0.3 is 0 Å². The molecule has 0 unspecified atom stereocenters. The molecule has 66 heavy (non-hydrogen) atoms. The Labute approximate surface area is 386 Å². The first-order valence-corrected chi connectivity index (χ1v) is 23.2. The molecule has 2 aliphatic rings. The first-order valence-electron chi connectivity index (χ1n) is 23.2. The van der Waals surface area contributed by atoms with Gasteiger partial charge in [-0.15, -0.1) is 0 Å². The number of anilines is 3. The van der Waals surface area contributed by atoms with Crippen LogP contribution in [0.3, 0.4) is 0 Å². The van der Waals surface area contributed by atoms with Crippen LogP contribution >= 0.6 is 0 Å². The molecule has 2 aliphatic carbocycles. The van der Waals surface area contributed by atoms with Crippen molar-refractivity contribution in [2.75, 3.05) is 4.90 Å². The van der Waals surface area contributed by atoms with Gasteiger partial charge in [0.25, 0.3) is 0 Å². The summed E-state index contributed by atoms with van der Waals surface area (Å²) in [6.07, 6.45) is 0. The van der Waals surface area contributed by atoms with Crippen molar-refractivity contribution >= 4 is 49.8 Å². The van der Waals surface area contributed by atoms with Crippen LogP contribution in [0.15, 0.2) is 217 Å². The normalized spacial score (nSPS) is 14.0. The number of rotatable bonds is 6. The summed E-state index contributed by atoms with van der Waals surface area (Å²) >= 11 is 0. The molecular weight excluding hydrogens is 799 g/mol. The molecule has 0 amide bonds. The van der Waals surface area contributed by atoms with Crippen molar-refractivity contribution in [3.8, 4) is 55.6 Å². The molecule has 0 N–H and O–H groups in total. The quantitative estimate of drug-likeness (QED) is 0.166. The highest BCUT2D eigenvalue weighted by Crippen LogP contribution is 2.53. The molecule has 13 rings (SSSR count). The maximum atomic E-state index is 6.64. The lowest BCUT2D eigenvalue weighted by molar-refractivity contribution is 0.660. The molecule has 1 aromatic heterocycles. The molecule has 0 aliphatic heterocycles. The zero-order chi connectivity index (χ0) is 44.3. The van der Waals surface area contributed by atoms with E-state index in [1.807, 2.05) is 6.07 Å². The third-order valence-electron chi connectivity index (χ3n) is 14.9. The van der Waals surface area contributed by atoms with Gasteiger partial charge in [0.15, 0.2) is 0 Å². The van der Waals surface area contributed by atoms with Crippen LogP contribution < -0.4 is 4.90 Å². The summed E-state index contributed by atoms with van der Waals surface area (Å²) in [6.45, 7) is 9.42. The van der Waals surface area contributed by atoms with Crippen LogP contribution in [0.2, 0.25) is 0 Å². The van der Waals surface area contributed by atoms with Gasteiger partial charge in [0, 0.05) is 44.1 Å². The highest BCUT2D eigenvalue weighted by Gasteiger charge is 2.37. The maximum absolute atomic E-state index is 6.64. The fourth-order valence-electron chi connectivity index (χ4n) is 11.7. The van der Waals surface area contributed by atoms with Crippen LogP contribution in [0, 0.1) is 0 Å². The van der Waals surface area contributed by atoms with Crippen LogP contribution in [-0.2, 0) is 10.8 Å². The Morgan fingerprint density at radius 2 is 0.879 bits per heavy atom. The summed E-state index contributed by atoms with van der Waals surface area (Å²) in [5.41, 5.74) is 22.7. The molecule has 0 fully saturated rings. The van der Waals surface area contributed by atoms with E-state index in [4.69, 9.17) is 4.42 Å². The molecule has 0 atom stereocenters. The molecular formula is C64H47NO. The van der Waals surface area contributed by atoms with Gasteiger partial charge in [-0.3, -0.25) is 0 Å². The Hall–Kier alpha value is -7.94. The number of hydrogen-bond donors (Lipinski definition) is 0. The van der Waals surface area contributed by atoms with Gasteiger partial charge in [-0.25, -0.2) is 0 Å². The van der Waals surface area contributed by atoms with Crippen molar-refractivity contribution in [1.29, 1.82) is 0 Å². The largest absolute Gasteiger partial charge is 0.455 e. The second-order valence-electron chi connectivity index (χ2n) is 19.2. The molecule has 1 heterocycles. The number of fused-ring (bicyclic) bond motifs is 10. The summed E-state index contributed by atoms with van der Waals surface area (Å²) in [5.74, 6) is 0. The lowest BCUT2D eigenvalue weighted by Crippen LogP contribution is -2.15. The Morgan fingerprint density at radius 3 is 1.65 bits per heavy atom. The van der Waals surface area contributed by atoms with Gasteiger partial charge in [-0.05, 0) is 120 Å². The van der Waals surface area contributed by atoms with Gasteiger partial charge in [0.05, 0.1) is 5.69 Å². The van der Waals surface area contributed by atoms with E-state index in [9.17, 15) is 0 Å². The molecule has 0 saturated carbocycles. The minimum Gasteiger partial charge on any atom is -0.455 e. The van der Waals surface area contributed by atoms with Crippen molar-refractivity contribution in [2.45, 2.75) is 38.5 Å². The predicted molar refractivity (Wildman–Crippen MR) is 277 cm³/mol. The van der Waals surface area contributed by atoms with Crippen LogP contribution in [0.25, 0.3) is 88.3 Å². The van der Waals surface area contributed by atoms with Crippen molar-refractivity contribution in [3.05, 3.63) is 235 Å². The fraction of sp³-hybridized carbons (Fsp3) is 0.0938. The Morgan fingerprint density at radius 1 is 0.348 bits per heavy atom. The van der Waals surface area contributed by atoms with E-state index < -0.39 is 0 Å². The lowest BCUT2D eigenvalue weighted by Gasteiger charge is -2.29. The maximum Gasteiger partial charge on any atom is 0.143 e. The van der Waals surface area contributed by atoms with Gasteiger partial charge in [0.1, 0.15) is 11.2 Å². The van der Waals surface area contributed by atoms with Gasteiger partial charge < -0.3 is 9.32 Å². The zero-order valence-electron chi connectivity index (χ0n) is 37.6. The Bertz CT molecular complexity index is 3780. The zero-order valence-corrected chi connectivity index (χ0v) is 37.6. The third-order valence-corrected chi connectivity index (χ3v) is 14.9. The molecule has 10 aromatic carbocycles.